The molecule has 0 atom stereocenters. The number of hydrogen-bond donors (Lipinski definition) is 2. The molecule has 1 saturated heterocycles. The van der Waals surface area contributed by atoms with Crippen LogP contribution in [-0.4, -0.2) is 19.3 Å². The topological polar surface area (TPSA) is 24.1 Å². The summed E-state index contributed by atoms with van der Waals surface area (Å²) < 4.78 is 0. The smallest absolute Gasteiger partial charge is 0.0543 e. The van der Waals surface area contributed by atoms with Crippen LogP contribution >= 0.6 is 0 Å². The molecule has 38 valence electrons. The van der Waals surface area contributed by atoms with Gasteiger partial charge in [-0.25, -0.2) is 0 Å². The fourth-order valence-corrected chi connectivity index (χ4v) is 0.650. The number of rotatable bonds is 0. The van der Waals surface area contributed by atoms with Crippen molar-refractivity contribution in [3.63, 3.8) is 0 Å². The van der Waals surface area contributed by atoms with Crippen LogP contribution in [-0.2, 0) is 19.5 Å². The van der Waals surface area contributed by atoms with Gasteiger partial charge in [-0.15, -0.1) is 0 Å². The first-order valence-corrected chi connectivity index (χ1v) is 2.36. The summed E-state index contributed by atoms with van der Waals surface area (Å²) >= 11 is 0. The fourth-order valence-electron chi connectivity index (χ4n) is 0.650. The molecular formula is C4H10N2Zn. The van der Waals surface area contributed by atoms with Crippen molar-refractivity contribution in [2.45, 2.75) is 13.1 Å². The zero-order valence-electron chi connectivity index (χ0n) is 4.70. The van der Waals surface area contributed by atoms with Crippen LogP contribution in [0.2, 0.25) is 0 Å². The second kappa shape index (κ2) is 3.53. The Bertz CT molecular complexity index is 43.0. The van der Waals surface area contributed by atoms with Gasteiger partial charge in [0.15, 0.2) is 0 Å². The molecule has 0 aromatic rings. The van der Waals surface area contributed by atoms with Crippen molar-refractivity contribution in [3.05, 3.63) is 0 Å². The van der Waals surface area contributed by atoms with Gasteiger partial charge in [-0.3, -0.25) is 0 Å². The second-order valence-electron chi connectivity index (χ2n) is 1.63. The quantitative estimate of drug-likeness (QED) is 0.457. The van der Waals surface area contributed by atoms with E-state index in [0.717, 1.165) is 13.1 Å². The maximum atomic E-state index is 3.21. The van der Waals surface area contributed by atoms with E-state index in [0.29, 0.717) is 6.17 Å². The van der Waals surface area contributed by atoms with Crippen LogP contribution in [0.3, 0.4) is 0 Å². The van der Waals surface area contributed by atoms with Gasteiger partial charge in [0.05, 0.1) is 6.17 Å². The average molecular weight is 152 g/mol. The van der Waals surface area contributed by atoms with Crippen LogP contribution in [0.5, 0.6) is 0 Å². The van der Waals surface area contributed by atoms with Crippen LogP contribution in [0, 0.1) is 0 Å². The van der Waals surface area contributed by atoms with E-state index in [9.17, 15) is 0 Å². The van der Waals surface area contributed by atoms with Gasteiger partial charge in [-0.2, -0.15) is 0 Å². The molecule has 0 aliphatic carbocycles. The summed E-state index contributed by atoms with van der Waals surface area (Å²) in [4.78, 5) is 0. The molecule has 1 rings (SSSR count). The van der Waals surface area contributed by atoms with Crippen molar-refractivity contribution < 1.29 is 19.5 Å². The number of hydrogen-bond acceptors (Lipinski definition) is 2. The van der Waals surface area contributed by atoms with Crippen molar-refractivity contribution in [2.75, 3.05) is 13.1 Å². The molecule has 0 aromatic heterocycles. The van der Waals surface area contributed by atoms with Crippen LogP contribution in [0.25, 0.3) is 0 Å². The predicted octanol–water partition coefficient (Wildman–Crippen LogP) is -0.477. The molecule has 0 saturated carbocycles. The molecule has 1 aliphatic heterocycles. The largest absolute Gasteiger partial charge is 0.301 e. The first-order chi connectivity index (χ1) is 2.89. The number of nitrogens with one attached hydrogen (secondary N) is 2. The van der Waals surface area contributed by atoms with E-state index in [-0.39, 0.29) is 19.5 Å². The minimum Gasteiger partial charge on any atom is -0.301 e. The third-order valence-corrected chi connectivity index (χ3v) is 1.03. The van der Waals surface area contributed by atoms with Crippen molar-refractivity contribution in [1.82, 2.24) is 10.6 Å². The van der Waals surface area contributed by atoms with Crippen molar-refractivity contribution in [1.29, 1.82) is 0 Å². The van der Waals surface area contributed by atoms with Gasteiger partial charge in [-0.05, 0) is 6.92 Å². The molecule has 0 spiro atoms. The molecule has 1 fully saturated rings. The fraction of sp³-hybridized carbons (Fsp3) is 1.00. The molecule has 1 heterocycles. The summed E-state index contributed by atoms with van der Waals surface area (Å²) in [5.41, 5.74) is 0. The Morgan fingerprint density at radius 3 is 1.86 bits per heavy atom. The molecule has 0 aromatic carbocycles. The van der Waals surface area contributed by atoms with Gasteiger partial charge in [0.2, 0.25) is 0 Å². The molecule has 1 aliphatic rings. The summed E-state index contributed by atoms with van der Waals surface area (Å²) in [6, 6.07) is 0. The Hall–Kier alpha value is 0.543. The van der Waals surface area contributed by atoms with Gasteiger partial charge in [0.25, 0.3) is 0 Å². The summed E-state index contributed by atoms with van der Waals surface area (Å²) in [5.74, 6) is 0. The third-order valence-electron chi connectivity index (χ3n) is 1.03. The van der Waals surface area contributed by atoms with Gasteiger partial charge in [-0.1, -0.05) is 0 Å². The zero-order chi connectivity index (χ0) is 4.41. The van der Waals surface area contributed by atoms with E-state index in [2.05, 4.69) is 17.6 Å². The molecule has 0 unspecified atom stereocenters. The maximum absolute atomic E-state index is 3.21. The monoisotopic (exact) mass is 150 g/mol. The van der Waals surface area contributed by atoms with Gasteiger partial charge >= 0.3 is 0 Å². The Morgan fingerprint density at radius 1 is 1.29 bits per heavy atom. The molecule has 7 heavy (non-hydrogen) atoms. The van der Waals surface area contributed by atoms with E-state index in [1.165, 1.54) is 0 Å². The molecule has 0 amide bonds. The third kappa shape index (κ3) is 2.37. The SMILES string of the molecule is CC1NCCN1.[Zn]. The molecule has 3 heteroatoms. The zero-order valence-corrected chi connectivity index (χ0v) is 7.67. The average Bonchev–Trinajstić information content (AvgIpc) is 1.86. The van der Waals surface area contributed by atoms with Crippen molar-refractivity contribution in [2.24, 2.45) is 0 Å². The van der Waals surface area contributed by atoms with Crippen LogP contribution in [0.1, 0.15) is 6.92 Å². The van der Waals surface area contributed by atoms with Gasteiger partial charge in [0.1, 0.15) is 0 Å². The minimum absolute atomic E-state index is 0. The van der Waals surface area contributed by atoms with Gasteiger partial charge in [0, 0.05) is 32.6 Å². The second-order valence-corrected chi connectivity index (χ2v) is 1.63. The summed E-state index contributed by atoms with van der Waals surface area (Å²) in [5, 5.41) is 6.42. The van der Waals surface area contributed by atoms with E-state index in [1.807, 2.05) is 0 Å². The van der Waals surface area contributed by atoms with E-state index in [4.69, 9.17) is 0 Å². The molecule has 2 nitrogen and oxygen atoms in total. The van der Waals surface area contributed by atoms with Crippen molar-refractivity contribution >= 4 is 0 Å². The van der Waals surface area contributed by atoms with Crippen LogP contribution < -0.4 is 10.6 Å². The molecule has 0 bridgehead atoms. The maximum Gasteiger partial charge on any atom is 0.0543 e. The summed E-state index contributed by atoms with van der Waals surface area (Å²) in [7, 11) is 0. The van der Waals surface area contributed by atoms with Crippen molar-refractivity contribution in [3.8, 4) is 0 Å². The Kier molecular flexibility index (Phi) is 3.81. The van der Waals surface area contributed by atoms with E-state index < -0.39 is 0 Å². The van der Waals surface area contributed by atoms with Crippen LogP contribution in [0.4, 0.5) is 0 Å². The Labute approximate surface area is 56.8 Å². The first-order valence-electron chi connectivity index (χ1n) is 2.36. The van der Waals surface area contributed by atoms with Crippen LogP contribution in [0.15, 0.2) is 0 Å². The Balaban J connectivity index is 0.000000360. The van der Waals surface area contributed by atoms with E-state index in [1.54, 1.807) is 0 Å². The van der Waals surface area contributed by atoms with Gasteiger partial charge < -0.3 is 10.6 Å². The molecule has 2 N–H and O–H groups in total. The minimum atomic E-state index is 0. The first kappa shape index (κ1) is 7.54. The standard InChI is InChI=1S/C4H10N2.Zn/c1-4-5-2-3-6-4;/h4-6H,2-3H2,1H3;. The molecular weight excluding hydrogens is 141 g/mol. The summed E-state index contributed by atoms with van der Waals surface area (Å²) in [6.45, 7) is 4.37. The molecule has 0 radical (unpaired) electrons. The predicted molar refractivity (Wildman–Crippen MR) is 25.5 cm³/mol. The Morgan fingerprint density at radius 2 is 1.71 bits per heavy atom. The summed E-state index contributed by atoms with van der Waals surface area (Å²) in [6.07, 6.45) is 0.546. The normalized spacial score (nSPS) is 21.9. The van der Waals surface area contributed by atoms with E-state index >= 15 is 0 Å².